The molecule has 14 heteroatoms. The predicted octanol–water partition coefficient (Wildman–Crippen LogP) is 3.23. The van der Waals surface area contributed by atoms with Gasteiger partial charge in [-0.2, -0.15) is 26.3 Å². The summed E-state index contributed by atoms with van der Waals surface area (Å²) in [6.07, 6.45) is -9.75. The van der Waals surface area contributed by atoms with Crippen LogP contribution in [0, 0.1) is 0 Å². The van der Waals surface area contributed by atoms with Crippen LogP contribution in [0.15, 0.2) is 36.4 Å². The van der Waals surface area contributed by atoms with Crippen LogP contribution in [0.1, 0.15) is 32.0 Å². The highest BCUT2D eigenvalue weighted by molar-refractivity contribution is 6.05. The number of hydrogen-bond acceptors (Lipinski definition) is 6. The van der Waals surface area contributed by atoms with Crippen LogP contribution < -0.4 is 11.1 Å². The van der Waals surface area contributed by atoms with E-state index in [1.165, 1.54) is 37.4 Å². The van der Waals surface area contributed by atoms with Gasteiger partial charge in [0, 0.05) is 12.1 Å². The Hall–Kier alpha value is -3.68. The van der Waals surface area contributed by atoms with E-state index in [2.05, 4.69) is 15.0 Å². The van der Waals surface area contributed by atoms with E-state index in [0.717, 1.165) is 6.07 Å². The van der Waals surface area contributed by atoms with Gasteiger partial charge in [0.05, 0.1) is 12.7 Å². The molecule has 4 N–H and O–H groups in total. The Kier molecular flexibility index (Phi) is 8.70. The van der Waals surface area contributed by atoms with Crippen LogP contribution in [0.4, 0.5) is 32.2 Å². The number of nitrogens with zero attached hydrogens (tertiary/aromatic N) is 1. The Balaban J connectivity index is 0.000000633. The Morgan fingerprint density at radius 1 is 1.06 bits per heavy atom. The van der Waals surface area contributed by atoms with Crippen LogP contribution >= 0.6 is 0 Å². The highest BCUT2D eigenvalue weighted by Crippen LogP contribution is 2.29. The molecule has 1 aromatic heterocycles. The number of aliphatic carboxylic acids is 1. The second kappa shape index (κ2) is 10.6. The number of alkyl halides is 6. The fraction of sp³-hybridized carbons (Fsp3) is 0.222. The smallest absolute Gasteiger partial charge is 0.475 e. The fourth-order valence-electron chi connectivity index (χ4n) is 2.01. The number of amides is 1. The van der Waals surface area contributed by atoms with Crippen molar-refractivity contribution < 1.29 is 50.6 Å². The summed E-state index contributed by atoms with van der Waals surface area (Å²) in [6.45, 7) is -0.147. The first-order chi connectivity index (χ1) is 14.7. The minimum Gasteiger partial charge on any atom is -0.475 e. The van der Waals surface area contributed by atoms with Crippen molar-refractivity contribution in [3.05, 3.63) is 58.8 Å². The number of rotatable bonds is 4. The number of esters is 1. The number of carboxylic acids is 1. The van der Waals surface area contributed by atoms with Crippen molar-refractivity contribution in [1.29, 1.82) is 0 Å². The summed E-state index contributed by atoms with van der Waals surface area (Å²) in [5.74, 6) is -4.41. The summed E-state index contributed by atoms with van der Waals surface area (Å²) in [6, 6.07) is 7.62. The normalized spacial score (nSPS) is 11.1. The molecule has 0 saturated carbocycles. The van der Waals surface area contributed by atoms with Gasteiger partial charge in [-0.15, -0.1) is 0 Å². The number of pyridine rings is 1. The maximum absolute atomic E-state index is 12.9. The van der Waals surface area contributed by atoms with Gasteiger partial charge in [0.15, 0.2) is 0 Å². The molecule has 1 amide bonds. The number of nitrogens with one attached hydrogen (secondary N) is 1. The van der Waals surface area contributed by atoms with Gasteiger partial charge >= 0.3 is 24.3 Å². The van der Waals surface area contributed by atoms with E-state index in [4.69, 9.17) is 15.6 Å². The molecule has 1 aromatic carbocycles. The van der Waals surface area contributed by atoms with Gasteiger partial charge in [0.2, 0.25) is 0 Å². The second-order valence-corrected chi connectivity index (χ2v) is 5.78. The van der Waals surface area contributed by atoms with Crippen molar-refractivity contribution >= 4 is 23.7 Å². The van der Waals surface area contributed by atoms with E-state index in [9.17, 15) is 35.9 Å². The van der Waals surface area contributed by atoms with Gasteiger partial charge in [-0.05, 0) is 35.9 Å². The van der Waals surface area contributed by atoms with E-state index < -0.39 is 35.9 Å². The van der Waals surface area contributed by atoms with Crippen LogP contribution in [0.25, 0.3) is 0 Å². The Morgan fingerprint density at radius 3 is 2.09 bits per heavy atom. The van der Waals surface area contributed by atoms with E-state index >= 15 is 0 Å². The SMILES string of the molecule is COC(=O)c1cccc(C(=O)Nc2cc(CN)cc(C(F)(F)F)n2)c1.O=C(O)C(F)(F)F. The van der Waals surface area contributed by atoms with Crippen LogP contribution in [-0.2, 0) is 22.3 Å². The van der Waals surface area contributed by atoms with E-state index in [1.54, 1.807) is 0 Å². The van der Waals surface area contributed by atoms with Gasteiger partial charge in [0.25, 0.3) is 5.91 Å². The zero-order valence-corrected chi connectivity index (χ0v) is 16.0. The quantitative estimate of drug-likeness (QED) is 0.465. The summed E-state index contributed by atoms with van der Waals surface area (Å²) in [5, 5.41) is 9.40. The Morgan fingerprint density at radius 2 is 1.62 bits per heavy atom. The van der Waals surface area contributed by atoms with Crippen molar-refractivity contribution in [2.75, 3.05) is 12.4 Å². The van der Waals surface area contributed by atoms with Crippen LogP contribution in [0.5, 0.6) is 0 Å². The van der Waals surface area contributed by atoms with Gasteiger partial charge in [-0.25, -0.2) is 14.6 Å². The number of nitrogens with two attached hydrogens (primary N) is 1. The molecule has 2 rings (SSSR count). The number of anilines is 1. The van der Waals surface area contributed by atoms with Gasteiger partial charge in [-0.3, -0.25) is 4.79 Å². The molecule has 0 spiro atoms. The summed E-state index contributed by atoms with van der Waals surface area (Å²) in [5.41, 5.74) is 4.59. The first kappa shape index (κ1) is 26.4. The standard InChI is InChI=1S/C16H14F3N3O3.C2HF3O2/c1-25-15(24)11-4-2-3-10(7-11)14(23)22-13-6-9(8-20)5-12(21-13)16(17,18)19;3-2(4,5)1(6)7/h2-7H,8,20H2,1H3,(H,21,22,23);(H,6,7). The average Bonchev–Trinajstić information content (AvgIpc) is 2.72. The third kappa shape index (κ3) is 7.86. The fourth-order valence-corrected chi connectivity index (χ4v) is 2.01. The molecule has 0 unspecified atom stereocenters. The molecule has 0 aliphatic rings. The highest BCUT2D eigenvalue weighted by atomic mass is 19.4. The molecular formula is C18H15F6N3O5. The number of benzene rings is 1. The molecule has 0 atom stereocenters. The molecule has 0 bridgehead atoms. The number of carbonyl (C=O) groups is 3. The maximum atomic E-state index is 12.9. The van der Waals surface area contributed by atoms with Crippen molar-refractivity contribution in [2.45, 2.75) is 18.9 Å². The topological polar surface area (TPSA) is 132 Å². The summed E-state index contributed by atoms with van der Waals surface area (Å²) in [4.78, 5) is 36.0. The van der Waals surface area contributed by atoms with E-state index in [0.29, 0.717) is 0 Å². The summed E-state index contributed by atoms with van der Waals surface area (Å²) in [7, 11) is 1.19. The third-order valence-electron chi connectivity index (χ3n) is 3.44. The maximum Gasteiger partial charge on any atom is 0.490 e. The first-order valence-electron chi connectivity index (χ1n) is 8.27. The van der Waals surface area contributed by atoms with Crippen LogP contribution in [0.3, 0.4) is 0 Å². The number of methoxy groups -OCH3 is 1. The van der Waals surface area contributed by atoms with Crippen LogP contribution in [-0.4, -0.2) is 41.2 Å². The molecule has 0 saturated heterocycles. The minimum absolute atomic E-state index is 0.0661. The zero-order valence-electron chi connectivity index (χ0n) is 16.0. The molecule has 174 valence electrons. The van der Waals surface area contributed by atoms with E-state index in [-0.39, 0.29) is 29.1 Å². The van der Waals surface area contributed by atoms with Crippen molar-refractivity contribution in [2.24, 2.45) is 5.73 Å². The van der Waals surface area contributed by atoms with Crippen molar-refractivity contribution in [3.8, 4) is 0 Å². The lowest BCUT2D eigenvalue weighted by molar-refractivity contribution is -0.192. The van der Waals surface area contributed by atoms with Gasteiger partial charge < -0.3 is 20.9 Å². The van der Waals surface area contributed by atoms with Gasteiger partial charge in [-0.1, -0.05) is 6.07 Å². The van der Waals surface area contributed by atoms with E-state index in [1.807, 2.05) is 0 Å². The molecule has 0 aliphatic heterocycles. The zero-order chi connectivity index (χ0) is 24.7. The van der Waals surface area contributed by atoms with Crippen molar-refractivity contribution in [1.82, 2.24) is 4.98 Å². The Bertz CT molecular complexity index is 992. The molecule has 1 heterocycles. The number of aromatic nitrogens is 1. The lowest BCUT2D eigenvalue weighted by Crippen LogP contribution is -2.21. The minimum atomic E-state index is -5.08. The number of halogens is 6. The lowest BCUT2D eigenvalue weighted by atomic mass is 10.1. The molecule has 8 nitrogen and oxygen atoms in total. The molecule has 2 aromatic rings. The third-order valence-corrected chi connectivity index (χ3v) is 3.44. The summed E-state index contributed by atoms with van der Waals surface area (Å²) < 4.78 is 74.9. The number of ether oxygens (including phenoxy) is 1. The number of hydrogen-bond donors (Lipinski definition) is 3. The van der Waals surface area contributed by atoms with Crippen LogP contribution in [0.2, 0.25) is 0 Å². The largest absolute Gasteiger partial charge is 0.490 e. The number of carboxylic acid groups (broad SMARTS) is 1. The van der Waals surface area contributed by atoms with Crippen molar-refractivity contribution in [3.63, 3.8) is 0 Å². The number of carbonyl (C=O) groups excluding carboxylic acids is 2. The molecule has 0 aliphatic carbocycles. The predicted molar refractivity (Wildman–Crippen MR) is 96.6 cm³/mol. The second-order valence-electron chi connectivity index (χ2n) is 5.78. The Labute approximate surface area is 176 Å². The lowest BCUT2D eigenvalue weighted by Gasteiger charge is -2.11. The van der Waals surface area contributed by atoms with Gasteiger partial charge in [0.1, 0.15) is 11.5 Å². The molecule has 32 heavy (non-hydrogen) atoms. The monoisotopic (exact) mass is 467 g/mol. The highest BCUT2D eigenvalue weighted by Gasteiger charge is 2.38. The molecule has 0 radical (unpaired) electrons. The average molecular weight is 467 g/mol. The molecular weight excluding hydrogens is 452 g/mol. The first-order valence-corrected chi connectivity index (χ1v) is 8.27. The molecule has 0 fully saturated rings. The summed E-state index contributed by atoms with van der Waals surface area (Å²) >= 11 is 0.